The summed E-state index contributed by atoms with van der Waals surface area (Å²) in [4.78, 5) is 28.8. The molecule has 0 heterocycles. The van der Waals surface area contributed by atoms with E-state index in [1.165, 1.54) is 0 Å². The van der Waals surface area contributed by atoms with Crippen molar-refractivity contribution in [2.45, 2.75) is 0 Å². The number of hydrogen-bond acceptors (Lipinski definition) is 5. The Morgan fingerprint density at radius 1 is 0.722 bits per heavy atom. The molecule has 0 fully saturated rings. The fraction of sp³-hybridized carbons (Fsp3) is 0. The summed E-state index contributed by atoms with van der Waals surface area (Å²) in [6, 6.07) is 12.0. The van der Waals surface area contributed by atoms with Crippen molar-refractivity contribution < 1.29 is 50.8 Å². The van der Waals surface area contributed by atoms with Crippen molar-refractivity contribution in [3.05, 3.63) is 36.4 Å². The van der Waals surface area contributed by atoms with Crippen LogP contribution in [0.1, 0.15) is 0 Å². The van der Waals surface area contributed by atoms with E-state index < -0.39 is 18.5 Å². The topological polar surface area (TPSA) is 110 Å². The maximum atomic E-state index is 9.86. The van der Waals surface area contributed by atoms with Gasteiger partial charge < -0.3 is 19.7 Å². The molecule has 1 radical (unpaired) electrons. The molecule has 0 saturated heterocycles. The van der Waals surface area contributed by atoms with Gasteiger partial charge in [-0.25, -0.2) is 14.4 Å². The molecule has 0 bridgehead atoms. The number of rotatable bonds is 0. The minimum Gasteiger partial charge on any atom is -0.0623 e. The minimum atomic E-state index is -1.92. The summed E-state index contributed by atoms with van der Waals surface area (Å²) in [6.07, 6.45) is -5.64. The average molecular weight is 405 g/mol. The molecule has 0 saturated carbocycles. The summed E-state index contributed by atoms with van der Waals surface area (Å²) in [6.45, 7) is 0. The minimum absolute atomic E-state index is 0. The van der Waals surface area contributed by atoms with Gasteiger partial charge in [0.05, 0.1) is 0 Å². The quantitative estimate of drug-likeness (QED) is 0.490. The first kappa shape index (κ1) is 22.0. The maximum Gasteiger partial charge on any atom is -0.0623 e. The first-order chi connectivity index (χ1) is 7.52. The number of benzene rings is 1. The van der Waals surface area contributed by atoms with Gasteiger partial charge in [-0.15, -0.1) is 0 Å². The van der Waals surface area contributed by atoms with E-state index in [2.05, 4.69) is 9.47 Å². The van der Waals surface area contributed by atoms with Crippen LogP contribution in [0.25, 0.3) is 0 Å². The Morgan fingerprint density at radius 2 is 0.944 bits per heavy atom. The fourth-order valence-corrected chi connectivity index (χ4v) is 0.548. The molecule has 0 atom stereocenters. The van der Waals surface area contributed by atoms with Crippen LogP contribution in [-0.4, -0.2) is 54.5 Å². The molecular weight excluding hydrogens is 394 g/mol. The van der Waals surface area contributed by atoms with Crippen molar-refractivity contribution in [1.29, 1.82) is 0 Å². The van der Waals surface area contributed by atoms with Crippen LogP contribution in [0.4, 0.5) is 14.4 Å². The van der Waals surface area contributed by atoms with Gasteiger partial charge in [0.15, 0.2) is 0 Å². The van der Waals surface area contributed by atoms with E-state index in [0.29, 0.717) is 0 Å². The van der Waals surface area contributed by atoms with Crippen molar-refractivity contribution >= 4 is 44.3 Å². The van der Waals surface area contributed by atoms with Gasteiger partial charge in [-0.3, -0.25) is 0 Å². The molecule has 1 aromatic rings. The first-order valence-corrected chi connectivity index (χ1v) is 3.88. The van der Waals surface area contributed by atoms with Gasteiger partial charge in [0, 0.05) is 16.8 Å². The summed E-state index contributed by atoms with van der Waals surface area (Å²) >= 11 is 0. The molecule has 0 aliphatic heterocycles. The summed E-state index contributed by atoms with van der Waals surface area (Å²) in [5.74, 6) is 0. The second kappa shape index (κ2) is 13.9. The number of carbonyl (C=O) groups excluding carboxylic acids is 1. The summed E-state index contributed by atoms with van der Waals surface area (Å²) in [5, 5.41) is 15.4. The van der Waals surface area contributed by atoms with Crippen molar-refractivity contribution in [3.63, 3.8) is 0 Å². The van der Waals surface area contributed by atoms with E-state index in [1.807, 2.05) is 36.4 Å². The molecule has 1 rings (SSSR count). The molecule has 9 heteroatoms. The SMILES string of the molecule is O=C(O)OC(=O)OC(=O)O.[Co].[InH3].c1ccccc1. The predicted octanol–water partition coefficient (Wildman–Crippen LogP) is 0.996. The van der Waals surface area contributed by atoms with Crippen molar-refractivity contribution in [2.75, 3.05) is 0 Å². The van der Waals surface area contributed by atoms with E-state index in [4.69, 9.17) is 10.2 Å². The van der Waals surface area contributed by atoms with Crippen LogP contribution >= 0.6 is 0 Å². The van der Waals surface area contributed by atoms with Crippen molar-refractivity contribution in [1.82, 2.24) is 0 Å². The molecule has 0 unspecified atom stereocenters. The van der Waals surface area contributed by atoms with E-state index in [0.717, 1.165) is 0 Å². The van der Waals surface area contributed by atoms with Gasteiger partial charge >= 0.3 is 44.3 Å². The maximum absolute atomic E-state index is 9.86. The number of ether oxygens (including phenoxy) is 2. The fourth-order valence-electron chi connectivity index (χ4n) is 0.548. The van der Waals surface area contributed by atoms with Crippen LogP contribution in [0.5, 0.6) is 0 Å². The Bertz CT molecular complexity index is 312. The Balaban J connectivity index is -0.000000244. The zero-order chi connectivity index (χ0) is 12.4. The zero-order valence-corrected chi connectivity index (χ0v) is 9.27. The van der Waals surface area contributed by atoms with Gasteiger partial charge in [-0.05, 0) is 0 Å². The summed E-state index contributed by atoms with van der Waals surface area (Å²) in [7, 11) is 0. The third-order valence-corrected chi connectivity index (χ3v) is 1.01. The number of hydrogen-bond donors (Lipinski definition) is 2. The van der Waals surface area contributed by atoms with Crippen LogP contribution < -0.4 is 0 Å². The number of carbonyl (C=O) groups is 3. The van der Waals surface area contributed by atoms with Crippen LogP contribution in [0.15, 0.2) is 36.4 Å². The van der Waals surface area contributed by atoms with Crippen LogP contribution in [0.3, 0.4) is 0 Å². The average Bonchev–Trinajstić information content (AvgIpc) is 2.18. The monoisotopic (exact) mass is 405 g/mol. The van der Waals surface area contributed by atoms with E-state index in [9.17, 15) is 14.4 Å². The third kappa shape index (κ3) is 17.2. The summed E-state index contributed by atoms with van der Waals surface area (Å²) < 4.78 is 6.47. The molecule has 7 nitrogen and oxygen atoms in total. The predicted molar refractivity (Wildman–Crippen MR) is 60.0 cm³/mol. The molecule has 0 aliphatic carbocycles. The Hall–Kier alpha value is -1.19. The van der Waals surface area contributed by atoms with Gasteiger partial charge in [0.2, 0.25) is 0 Å². The van der Waals surface area contributed by atoms with Gasteiger partial charge in [-0.1, -0.05) is 36.4 Å². The smallest absolute Gasteiger partial charge is 0.0623 e. The van der Waals surface area contributed by atoms with E-state index in [-0.39, 0.29) is 42.6 Å². The second-order valence-electron chi connectivity index (χ2n) is 2.14. The molecule has 101 valence electrons. The third-order valence-electron chi connectivity index (χ3n) is 1.01. The molecule has 0 aliphatic rings. The Kier molecular flexibility index (Phi) is 17.0. The van der Waals surface area contributed by atoms with E-state index in [1.54, 1.807) is 0 Å². The largest absolute Gasteiger partial charge is 0.0623 e. The molecular formula is C9H11CoInO7. The standard InChI is InChI=1S/C6H6.C3H2O7.Co.In.3H/c1-2-4-6-5-3-1;4-1(5)9-3(8)10-2(6)7;;;;;/h1-6H;(H,4,5)(H,6,7);;;;;. The van der Waals surface area contributed by atoms with Gasteiger partial charge in [0.1, 0.15) is 0 Å². The van der Waals surface area contributed by atoms with Crippen LogP contribution in [-0.2, 0) is 26.3 Å². The van der Waals surface area contributed by atoms with Crippen molar-refractivity contribution in [2.24, 2.45) is 0 Å². The first-order valence-electron chi connectivity index (χ1n) is 3.88. The van der Waals surface area contributed by atoms with E-state index >= 15 is 0 Å². The normalized spacial score (nSPS) is 7.11. The van der Waals surface area contributed by atoms with Gasteiger partial charge in [-0.2, -0.15) is 0 Å². The Morgan fingerprint density at radius 3 is 1.11 bits per heavy atom. The zero-order valence-electron chi connectivity index (χ0n) is 8.23. The van der Waals surface area contributed by atoms with Crippen LogP contribution in [0.2, 0.25) is 0 Å². The summed E-state index contributed by atoms with van der Waals surface area (Å²) in [5.41, 5.74) is 0. The number of carboxylic acid groups (broad SMARTS) is 2. The van der Waals surface area contributed by atoms with Crippen molar-refractivity contribution in [3.8, 4) is 0 Å². The molecule has 2 N–H and O–H groups in total. The molecule has 0 amide bonds. The molecule has 0 spiro atoms. The second-order valence-corrected chi connectivity index (χ2v) is 2.14. The molecule has 1 aromatic carbocycles. The Labute approximate surface area is 131 Å². The molecule has 18 heavy (non-hydrogen) atoms. The van der Waals surface area contributed by atoms with Gasteiger partial charge in [0.25, 0.3) is 0 Å². The molecule has 0 aromatic heterocycles. The van der Waals surface area contributed by atoms with Crippen LogP contribution in [0, 0.1) is 0 Å².